The number of aromatic nitrogens is 1. The van der Waals surface area contributed by atoms with Gasteiger partial charge in [-0.2, -0.15) is 5.10 Å². The number of hydrogen-bond acceptors (Lipinski definition) is 4. The maximum atomic E-state index is 8.66. The van der Waals surface area contributed by atoms with Gasteiger partial charge >= 0.3 is 0 Å². The molecule has 8 aromatic rings. The Morgan fingerprint density at radius 2 is 1.10 bits per heavy atom. The number of rotatable bonds is 6. The molecule has 0 spiro atoms. The number of benzene rings is 7. The topological polar surface area (TPSA) is 61.1 Å². The summed E-state index contributed by atoms with van der Waals surface area (Å²) >= 11 is 0. The number of fused-ring (bicyclic) bond motifs is 3. The van der Waals surface area contributed by atoms with E-state index in [0.29, 0.717) is 11.4 Å². The van der Waals surface area contributed by atoms with E-state index in [2.05, 4.69) is 143 Å². The number of hydrazone groups is 1. The molecular weight excluding hydrogens is 621 g/mol. The zero-order chi connectivity index (χ0) is 34.1. The molecule has 4 heteroatoms. The number of pyridine rings is 1. The van der Waals surface area contributed by atoms with Gasteiger partial charge in [0.25, 0.3) is 0 Å². The summed E-state index contributed by atoms with van der Waals surface area (Å²) in [6.45, 7) is 0. The van der Waals surface area contributed by atoms with E-state index in [0.717, 1.165) is 38.9 Å². The minimum absolute atomic E-state index is 0.355. The maximum Gasteiger partial charge on any atom is 0.109 e. The highest BCUT2D eigenvalue weighted by Crippen LogP contribution is 2.44. The third-order valence-electron chi connectivity index (χ3n) is 9.59. The van der Waals surface area contributed by atoms with Crippen LogP contribution in [-0.2, 0) is 0 Å². The Labute approximate surface area is 296 Å². The summed E-state index contributed by atoms with van der Waals surface area (Å²) in [5.74, 6) is 0. The normalized spacial score (nSPS) is 13.6. The molecule has 2 N–H and O–H groups in total. The van der Waals surface area contributed by atoms with E-state index >= 15 is 0 Å². The molecule has 4 nitrogen and oxygen atoms in total. The highest BCUT2D eigenvalue weighted by molar-refractivity contribution is 6.51. The van der Waals surface area contributed by atoms with Crippen molar-refractivity contribution in [3.05, 3.63) is 188 Å². The van der Waals surface area contributed by atoms with Crippen molar-refractivity contribution in [2.24, 2.45) is 5.10 Å². The molecular formula is C47H32N4. The second-order valence-corrected chi connectivity index (χ2v) is 12.7. The number of allylic oxidation sites excluding steroid dienone is 4. The Morgan fingerprint density at radius 3 is 1.82 bits per heavy atom. The number of nitrogens with one attached hydrogen (secondary N) is 2. The van der Waals surface area contributed by atoms with Gasteiger partial charge in [0.05, 0.1) is 16.9 Å². The van der Waals surface area contributed by atoms with Gasteiger partial charge in [0.15, 0.2) is 0 Å². The highest BCUT2D eigenvalue weighted by Gasteiger charge is 2.18. The van der Waals surface area contributed by atoms with Crippen LogP contribution in [0.5, 0.6) is 0 Å². The highest BCUT2D eigenvalue weighted by atomic mass is 15.3. The molecule has 0 saturated heterocycles. The van der Waals surface area contributed by atoms with Crippen molar-refractivity contribution in [1.82, 2.24) is 4.98 Å². The summed E-state index contributed by atoms with van der Waals surface area (Å²) < 4.78 is 0. The largest absolute Gasteiger partial charge is 0.299 e. The van der Waals surface area contributed by atoms with Crippen LogP contribution in [0, 0.1) is 5.41 Å². The fraction of sp³-hybridized carbons (Fsp3) is 0. The number of nitrogens with zero attached hydrogens (tertiary/aromatic N) is 2. The van der Waals surface area contributed by atoms with Gasteiger partial charge in [0.1, 0.15) is 5.71 Å². The van der Waals surface area contributed by atoms with Gasteiger partial charge in [-0.15, -0.1) is 0 Å². The van der Waals surface area contributed by atoms with Crippen LogP contribution in [0.2, 0.25) is 0 Å². The first-order valence-corrected chi connectivity index (χ1v) is 17.1. The lowest BCUT2D eigenvalue weighted by molar-refractivity contribution is 1.34. The molecule has 0 unspecified atom stereocenters. The molecule has 1 aliphatic carbocycles. The SMILES string of the molecule is N=C1C=CC(c2ccc3c(-c4ccccc4)c4ccccc4c(-c4ccccc4)c3c2)=C/C1=N/Nc1ccc(-c2cnc3ccccc3c2)cc1. The lowest BCUT2D eigenvalue weighted by Gasteiger charge is -2.19. The zero-order valence-electron chi connectivity index (χ0n) is 27.7. The second kappa shape index (κ2) is 12.8. The van der Waals surface area contributed by atoms with Crippen molar-refractivity contribution in [3.8, 4) is 33.4 Å². The summed E-state index contributed by atoms with van der Waals surface area (Å²) in [5, 5.41) is 19.3. The van der Waals surface area contributed by atoms with Crippen LogP contribution >= 0.6 is 0 Å². The third kappa shape index (κ3) is 5.69. The average molecular weight is 653 g/mol. The third-order valence-corrected chi connectivity index (χ3v) is 9.59. The van der Waals surface area contributed by atoms with Gasteiger partial charge in [-0.05, 0) is 103 Å². The minimum Gasteiger partial charge on any atom is -0.299 e. The van der Waals surface area contributed by atoms with Gasteiger partial charge in [-0.3, -0.25) is 15.8 Å². The first kappa shape index (κ1) is 30.2. The lowest BCUT2D eigenvalue weighted by atomic mass is 9.84. The Bertz CT molecular complexity index is 2710. The predicted octanol–water partition coefficient (Wildman–Crippen LogP) is 12.0. The molecule has 240 valence electrons. The fourth-order valence-corrected chi connectivity index (χ4v) is 7.08. The Hall–Kier alpha value is -6.91. The molecule has 0 atom stereocenters. The Balaban J connectivity index is 1.09. The van der Waals surface area contributed by atoms with Crippen LogP contribution in [0.4, 0.5) is 5.69 Å². The van der Waals surface area contributed by atoms with Gasteiger partial charge in [-0.25, -0.2) is 0 Å². The summed E-state index contributed by atoms with van der Waals surface area (Å²) in [6, 6.07) is 55.2. The minimum atomic E-state index is 0.355. The predicted molar refractivity (Wildman–Crippen MR) is 215 cm³/mol. The van der Waals surface area contributed by atoms with Crippen molar-refractivity contribution < 1.29 is 0 Å². The molecule has 0 radical (unpaired) electrons. The first-order valence-electron chi connectivity index (χ1n) is 17.1. The summed E-state index contributed by atoms with van der Waals surface area (Å²) in [4.78, 5) is 4.61. The fourth-order valence-electron chi connectivity index (χ4n) is 7.08. The molecule has 0 aliphatic heterocycles. The molecule has 0 fully saturated rings. The number of anilines is 1. The summed E-state index contributed by atoms with van der Waals surface area (Å²) in [6.07, 6.45) is 7.74. The van der Waals surface area contributed by atoms with Gasteiger partial charge < -0.3 is 0 Å². The Morgan fingerprint density at radius 1 is 0.490 bits per heavy atom. The van der Waals surface area contributed by atoms with E-state index in [4.69, 9.17) is 5.41 Å². The molecule has 0 amide bonds. The van der Waals surface area contributed by atoms with Crippen molar-refractivity contribution in [1.29, 1.82) is 5.41 Å². The van der Waals surface area contributed by atoms with E-state index in [1.54, 1.807) is 0 Å². The summed E-state index contributed by atoms with van der Waals surface area (Å²) in [5.41, 5.74) is 15.0. The smallest absolute Gasteiger partial charge is 0.109 e. The quantitative estimate of drug-likeness (QED) is 0.107. The van der Waals surface area contributed by atoms with Crippen molar-refractivity contribution in [3.63, 3.8) is 0 Å². The number of para-hydroxylation sites is 1. The standard InChI is InChI=1S/C47H32N4/c48-43-26-22-35(29-45(43)51-50-38-23-19-31(20-24-38)37-27-36-15-7-10-18-44(36)49-30-37)34-21-25-41-42(28-34)47(33-13-5-2-6-14-33)40-17-9-8-16-39(40)46(41)32-11-3-1-4-12-32/h1-30,48,50H/b48-43?,51-45-. The van der Waals surface area contributed by atoms with Gasteiger partial charge in [-0.1, -0.05) is 133 Å². The van der Waals surface area contributed by atoms with E-state index in [1.807, 2.05) is 54.8 Å². The van der Waals surface area contributed by atoms with E-state index < -0.39 is 0 Å². The molecule has 1 aliphatic rings. The van der Waals surface area contributed by atoms with Crippen LogP contribution in [0.3, 0.4) is 0 Å². The zero-order valence-corrected chi connectivity index (χ0v) is 27.7. The van der Waals surface area contributed by atoms with Crippen LogP contribution in [0.15, 0.2) is 187 Å². The van der Waals surface area contributed by atoms with Crippen molar-refractivity contribution >= 4 is 55.1 Å². The average Bonchev–Trinajstić information content (AvgIpc) is 3.20. The second-order valence-electron chi connectivity index (χ2n) is 12.7. The molecule has 1 heterocycles. The monoisotopic (exact) mass is 652 g/mol. The van der Waals surface area contributed by atoms with E-state index in [1.165, 1.54) is 43.8 Å². The van der Waals surface area contributed by atoms with Crippen LogP contribution in [-0.4, -0.2) is 16.4 Å². The van der Waals surface area contributed by atoms with Crippen molar-refractivity contribution in [2.75, 3.05) is 5.43 Å². The summed E-state index contributed by atoms with van der Waals surface area (Å²) in [7, 11) is 0. The molecule has 9 rings (SSSR count). The van der Waals surface area contributed by atoms with E-state index in [9.17, 15) is 0 Å². The molecule has 0 saturated carbocycles. The number of hydrogen-bond donors (Lipinski definition) is 2. The first-order chi connectivity index (χ1) is 25.2. The van der Waals surface area contributed by atoms with Gasteiger partial charge in [0.2, 0.25) is 0 Å². The van der Waals surface area contributed by atoms with Crippen LogP contribution in [0.25, 0.3) is 71.4 Å². The molecule has 51 heavy (non-hydrogen) atoms. The molecule has 0 bridgehead atoms. The van der Waals surface area contributed by atoms with Crippen LogP contribution < -0.4 is 5.43 Å². The molecule has 1 aromatic heterocycles. The Kier molecular flexibility index (Phi) is 7.60. The maximum absolute atomic E-state index is 8.66. The van der Waals surface area contributed by atoms with Gasteiger partial charge in [0, 0.05) is 17.1 Å². The lowest BCUT2D eigenvalue weighted by Crippen LogP contribution is -2.13. The van der Waals surface area contributed by atoms with Crippen LogP contribution in [0.1, 0.15) is 5.56 Å². The molecule has 7 aromatic carbocycles. The van der Waals surface area contributed by atoms with Crippen molar-refractivity contribution in [2.45, 2.75) is 0 Å². The van der Waals surface area contributed by atoms with E-state index in [-0.39, 0.29) is 0 Å².